The second kappa shape index (κ2) is 21.0. The Bertz CT molecular complexity index is 2130. The number of hydrogen-bond donors (Lipinski definition) is 8. The molecule has 2 aliphatic rings. The van der Waals surface area contributed by atoms with Gasteiger partial charge in [0.2, 0.25) is 5.79 Å². The zero-order chi connectivity index (χ0) is 45.1. The molecule has 2 heterocycles. The highest BCUT2D eigenvalue weighted by molar-refractivity contribution is 5.89. The molecule has 0 unspecified atom stereocenters. The van der Waals surface area contributed by atoms with Gasteiger partial charge in [-0.05, 0) is 71.3 Å². The monoisotopic (exact) mass is 870 g/mol. The van der Waals surface area contributed by atoms with Crippen LogP contribution < -0.4 is 14.2 Å². The fraction of sp³-hybridized carbons (Fsp3) is 0.357. The molecule has 0 saturated carbocycles. The van der Waals surface area contributed by atoms with Crippen LogP contribution >= 0.6 is 0 Å². The molecule has 3 aromatic carbocycles. The summed E-state index contributed by atoms with van der Waals surface area (Å²) in [6.07, 6.45) is -8.01. The number of aliphatic hydroxyl groups excluding tert-OH is 5. The van der Waals surface area contributed by atoms with E-state index in [9.17, 15) is 55.2 Å². The molecular weight excluding hydrogens is 824 g/mol. The summed E-state index contributed by atoms with van der Waals surface area (Å²) in [4.78, 5) is 40.1. The quantitative estimate of drug-likeness (QED) is 0.0522. The van der Waals surface area contributed by atoms with Crippen molar-refractivity contribution in [3.63, 3.8) is 0 Å². The van der Waals surface area contributed by atoms with Gasteiger partial charge in [0.1, 0.15) is 43.7 Å². The maximum Gasteiger partial charge on any atom is 0.331 e. The highest BCUT2D eigenvalue weighted by Crippen LogP contribution is 2.40. The predicted octanol–water partition coefficient (Wildman–Crippen LogP) is 0.540. The van der Waals surface area contributed by atoms with E-state index < -0.39 is 92.5 Å². The van der Waals surface area contributed by atoms with E-state index in [1.807, 2.05) is 0 Å². The van der Waals surface area contributed by atoms with Gasteiger partial charge in [-0.2, -0.15) is 0 Å². The molecule has 9 atom stereocenters. The highest BCUT2D eigenvalue weighted by atomic mass is 16.8. The Balaban J connectivity index is 1.50. The smallest absolute Gasteiger partial charge is 0.331 e. The van der Waals surface area contributed by atoms with Crippen molar-refractivity contribution >= 4 is 36.1 Å². The van der Waals surface area contributed by atoms with E-state index >= 15 is 0 Å². The van der Waals surface area contributed by atoms with Crippen molar-refractivity contribution in [3.8, 4) is 34.5 Å². The van der Waals surface area contributed by atoms with Gasteiger partial charge in [0.15, 0.2) is 53.0 Å². The standard InChI is InChI=1S/C42H46O20/c1-54-28-16-22(4-10-25(28)45)7-13-33(48)57-20-32-39(59-34(49)14-8-23-5-11-26(46)29(17-23)55-2)40(60-35(50)15-9-24-6-12-27(47)30(18-24)56-3)42(21-44,61-32)62-41-38(53)37(52)36(51)31(19-43)58-41/h4-18,31-32,36-41,43-47,51-53H,19-21H2,1-3H3/b13-7+,14-8+,15-9+/t31-,32-,36-,37+,38-,39-,40+,41-,42+/m1/s1. The summed E-state index contributed by atoms with van der Waals surface area (Å²) in [7, 11) is 3.97. The van der Waals surface area contributed by atoms with Crippen LogP contribution in [-0.4, -0.2) is 155 Å². The van der Waals surface area contributed by atoms with Crippen molar-refractivity contribution < 1.29 is 97.9 Å². The van der Waals surface area contributed by atoms with E-state index in [0.717, 1.165) is 18.2 Å². The molecule has 0 amide bonds. The Kier molecular flexibility index (Phi) is 15.9. The number of ether oxygens (including phenoxy) is 9. The van der Waals surface area contributed by atoms with Crippen molar-refractivity contribution in [2.24, 2.45) is 0 Å². The van der Waals surface area contributed by atoms with E-state index in [0.29, 0.717) is 16.7 Å². The van der Waals surface area contributed by atoms with Gasteiger partial charge in [-0.1, -0.05) is 18.2 Å². The average Bonchev–Trinajstić information content (AvgIpc) is 3.55. The molecule has 5 rings (SSSR count). The van der Waals surface area contributed by atoms with Crippen molar-refractivity contribution in [2.75, 3.05) is 41.2 Å². The molecule has 62 heavy (non-hydrogen) atoms. The number of aliphatic hydroxyl groups is 5. The van der Waals surface area contributed by atoms with Gasteiger partial charge in [0, 0.05) is 18.2 Å². The van der Waals surface area contributed by atoms with Gasteiger partial charge in [0.25, 0.3) is 0 Å². The van der Waals surface area contributed by atoms with Crippen molar-refractivity contribution in [1.82, 2.24) is 0 Å². The molecule has 0 bridgehead atoms. The molecule has 2 aliphatic heterocycles. The maximum absolute atomic E-state index is 13.6. The summed E-state index contributed by atoms with van der Waals surface area (Å²) < 4.78 is 49.7. The number of phenols is 3. The molecule has 8 N–H and O–H groups in total. The fourth-order valence-corrected chi connectivity index (χ4v) is 6.32. The van der Waals surface area contributed by atoms with Crippen molar-refractivity contribution in [2.45, 2.75) is 54.8 Å². The predicted molar refractivity (Wildman–Crippen MR) is 211 cm³/mol. The number of methoxy groups -OCH3 is 3. The summed E-state index contributed by atoms with van der Waals surface area (Å²) in [6.45, 7) is -2.88. The summed E-state index contributed by atoms with van der Waals surface area (Å²) in [6, 6.07) is 12.6. The fourth-order valence-electron chi connectivity index (χ4n) is 6.32. The first-order valence-corrected chi connectivity index (χ1v) is 18.7. The molecule has 20 heteroatoms. The molecule has 3 aromatic rings. The van der Waals surface area contributed by atoms with Crippen LogP contribution in [0.1, 0.15) is 16.7 Å². The molecule has 0 radical (unpaired) electrons. The third-order valence-corrected chi connectivity index (χ3v) is 9.57. The number of carbonyl (C=O) groups excluding carboxylic acids is 3. The summed E-state index contributed by atoms with van der Waals surface area (Å²) in [5.74, 6) is -6.08. The van der Waals surface area contributed by atoms with Gasteiger partial charge in [-0.25, -0.2) is 14.4 Å². The Labute approximate surface area is 353 Å². The molecule has 0 spiro atoms. The number of rotatable bonds is 17. The molecule has 0 aliphatic carbocycles. The zero-order valence-electron chi connectivity index (χ0n) is 33.4. The first-order valence-electron chi connectivity index (χ1n) is 18.7. The summed E-state index contributed by atoms with van der Waals surface area (Å²) in [5, 5.41) is 82.4. The lowest BCUT2D eigenvalue weighted by Gasteiger charge is -2.43. The van der Waals surface area contributed by atoms with Crippen LogP contribution in [0.5, 0.6) is 34.5 Å². The largest absolute Gasteiger partial charge is 0.504 e. The van der Waals surface area contributed by atoms with Gasteiger partial charge in [0.05, 0.1) is 27.9 Å². The van der Waals surface area contributed by atoms with Gasteiger partial charge < -0.3 is 83.5 Å². The van der Waals surface area contributed by atoms with Gasteiger partial charge in [-0.15, -0.1) is 0 Å². The Morgan fingerprint density at radius 1 is 0.645 bits per heavy atom. The van der Waals surface area contributed by atoms with E-state index in [-0.39, 0.29) is 34.5 Å². The number of hydrogen-bond acceptors (Lipinski definition) is 20. The van der Waals surface area contributed by atoms with Crippen LogP contribution in [0.15, 0.2) is 72.8 Å². The minimum Gasteiger partial charge on any atom is -0.504 e. The minimum absolute atomic E-state index is 0.0812. The molecule has 0 aromatic heterocycles. The lowest BCUT2D eigenvalue weighted by Crippen LogP contribution is -2.63. The zero-order valence-corrected chi connectivity index (χ0v) is 33.4. The Morgan fingerprint density at radius 2 is 1.11 bits per heavy atom. The number of phenolic OH excluding ortho intramolecular Hbond substituents is 3. The number of aromatic hydroxyl groups is 3. The van der Waals surface area contributed by atoms with E-state index in [2.05, 4.69) is 0 Å². The van der Waals surface area contributed by atoms with Crippen LogP contribution in [0, 0.1) is 0 Å². The first kappa shape index (κ1) is 46.8. The Hall–Kier alpha value is -6.23. The highest BCUT2D eigenvalue weighted by Gasteiger charge is 2.63. The summed E-state index contributed by atoms with van der Waals surface area (Å²) in [5.41, 5.74) is 1.15. The average molecular weight is 871 g/mol. The van der Waals surface area contributed by atoms with Crippen LogP contribution in [0.3, 0.4) is 0 Å². The van der Waals surface area contributed by atoms with E-state index in [1.165, 1.54) is 94.2 Å². The number of carbonyl (C=O) groups is 3. The molecule has 20 nitrogen and oxygen atoms in total. The SMILES string of the molecule is COc1cc(/C=C/C(=O)OC[C@H]2O[C@@](CO)(O[C@H]3O[C@H](CO)[C@@H](O)[C@H](O)[C@H]3O)[C@@H](OC(=O)/C=C/c3ccc(O)c(OC)c3)[C@@H]2OC(=O)/C=C/c2ccc(O)c(OC)c2)ccc1O. The van der Waals surface area contributed by atoms with Crippen molar-refractivity contribution in [3.05, 3.63) is 89.5 Å². The third kappa shape index (κ3) is 11.2. The van der Waals surface area contributed by atoms with Crippen LogP contribution in [0.25, 0.3) is 18.2 Å². The maximum atomic E-state index is 13.6. The van der Waals surface area contributed by atoms with Crippen molar-refractivity contribution in [1.29, 1.82) is 0 Å². The second-order valence-corrected chi connectivity index (χ2v) is 13.6. The molecule has 2 saturated heterocycles. The van der Waals surface area contributed by atoms with Gasteiger partial charge in [-0.3, -0.25) is 0 Å². The molecular formula is C42H46O20. The summed E-state index contributed by atoms with van der Waals surface area (Å²) >= 11 is 0. The second-order valence-electron chi connectivity index (χ2n) is 13.6. The number of benzene rings is 3. The first-order chi connectivity index (χ1) is 29.6. The van der Waals surface area contributed by atoms with Gasteiger partial charge >= 0.3 is 17.9 Å². The normalized spacial score (nSPS) is 26.1. The minimum atomic E-state index is -2.66. The third-order valence-electron chi connectivity index (χ3n) is 9.57. The number of esters is 3. The lowest BCUT2D eigenvalue weighted by molar-refractivity contribution is -0.383. The topological polar surface area (TPSA) is 296 Å². The van der Waals surface area contributed by atoms with E-state index in [4.69, 9.17) is 42.6 Å². The lowest BCUT2D eigenvalue weighted by atomic mass is 9.99. The molecule has 2 fully saturated rings. The van der Waals surface area contributed by atoms with Crippen LogP contribution in [-0.2, 0) is 42.8 Å². The van der Waals surface area contributed by atoms with Crippen LogP contribution in [0.2, 0.25) is 0 Å². The van der Waals surface area contributed by atoms with E-state index in [1.54, 1.807) is 0 Å². The Morgan fingerprint density at radius 3 is 1.56 bits per heavy atom. The molecule has 334 valence electrons. The van der Waals surface area contributed by atoms with Crippen LogP contribution in [0.4, 0.5) is 0 Å².